The summed E-state index contributed by atoms with van der Waals surface area (Å²) in [6.07, 6.45) is 5.66. The minimum Gasteiger partial charge on any atom is -0.375 e. The van der Waals surface area contributed by atoms with E-state index in [9.17, 15) is 0 Å². The number of nitrogens with zero attached hydrogens (tertiary/aromatic N) is 1. The van der Waals surface area contributed by atoms with E-state index in [-0.39, 0.29) is 0 Å². The van der Waals surface area contributed by atoms with Gasteiger partial charge in [0, 0.05) is 35.0 Å². The van der Waals surface area contributed by atoms with Crippen molar-refractivity contribution in [2.45, 2.75) is 44.4 Å². The van der Waals surface area contributed by atoms with Crippen LogP contribution in [0.4, 0.5) is 0 Å². The second-order valence-electron chi connectivity index (χ2n) is 5.54. The van der Waals surface area contributed by atoms with Gasteiger partial charge >= 0.3 is 0 Å². The monoisotopic (exact) mass is 290 g/mol. The van der Waals surface area contributed by atoms with Crippen molar-refractivity contribution in [3.63, 3.8) is 0 Å². The van der Waals surface area contributed by atoms with E-state index in [1.165, 1.54) is 30.6 Å². The van der Waals surface area contributed by atoms with Crippen molar-refractivity contribution < 1.29 is 4.74 Å². The average Bonchev–Trinajstić information content (AvgIpc) is 2.93. The molecule has 2 aliphatic rings. The van der Waals surface area contributed by atoms with Gasteiger partial charge in [-0.25, -0.2) is 0 Å². The van der Waals surface area contributed by atoms with Crippen LogP contribution in [-0.2, 0) is 11.3 Å². The molecule has 2 fully saturated rings. The summed E-state index contributed by atoms with van der Waals surface area (Å²) in [5.41, 5.74) is 6.51. The Kier molecular flexibility index (Phi) is 4.74. The Hall–Kier alpha value is -0.860. The average molecular weight is 290 g/mol. The van der Waals surface area contributed by atoms with E-state index in [2.05, 4.69) is 28.2 Å². The van der Waals surface area contributed by atoms with Crippen LogP contribution >= 0.6 is 11.3 Å². The number of hydrogen-bond donors (Lipinski definition) is 1. The Labute approximate surface area is 125 Å². The third kappa shape index (κ3) is 3.24. The fraction of sp³-hybridized carbons (Fsp3) is 0.625. The van der Waals surface area contributed by atoms with Crippen LogP contribution in [0.5, 0.6) is 0 Å². The molecular weight excluding hydrogens is 268 g/mol. The van der Waals surface area contributed by atoms with Crippen LogP contribution in [0.15, 0.2) is 11.4 Å². The van der Waals surface area contributed by atoms with Crippen LogP contribution in [0.2, 0.25) is 0 Å². The zero-order valence-corrected chi connectivity index (χ0v) is 12.6. The minimum atomic E-state index is 0.429. The van der Waals surface area contributed by atoms with Crippen molar-refractivity contribution in [2.75, 3.05) is 19.7 Å². The van der Waals surface area contributed by atoms with Gasteiger partial charge in [0.1, 0.15) is 0 Å². The molecule has 2 N–H and O–H groups in total. The van der Waals surface area contributed by atoms with E-state index in [1.54, 1.807) is 0 Å². The van der Waals surface area contributed by atoms with Crippen LogP contribution in [0.3, 0.4) is 0 Å². The first-order valence-corrected chi connectivity index (χ1v) is 8.37. The molecule has 3 nitrogen and oxygen atoms in total. The van der Waals surface area contributed by atoms with Crippen molar-refractivity contribution in [3.05, 3.63) is 21.9 Å². The van der Waals surface area contributed by atoms with Crippen molar-refractivity contribution in [2.24, 2.45) is 5.73 Å². The van der Waals surface area contributed by atoms with E-state index < -0.39 is 0 Å². The van der Waals surface area contributed by atoms with E-state index in [4.69, 9.17) is 10.5 Å². The lowest BCUT2D eigenvalue weighted by Crippen LogP contribution is -2.51. The molecule has 2 atom stereocenters. The number of ether oxygens (including phenoxy) is 1. The van der Waals surface area contributed by atoms with Gasteiger partial charge in [-0.1, -0.05) is 24.7 Å². The molecule has 1 aliphatic heterocycles. The van der Waals surface area contributed by atoms with E-state index in [1.807, 2.05) is 11.3 Å². The highest BCUT2D eigenvalue weighted by Crippen LogP contribution is 2.30. The number of thiophene rings is 1. The molecule has 1 aromatic rings. The van der Waals surface area contributed by atoms with E-state index in [0.717, 1.165) is 25.3 Å². The van der Waals surface area contributed by atoms with Crippen LogP contribution < -0.4 is 5.73 Å². The first kappa shape index (κ1) is 14.1. The first-order valence-electron chi connectivity index (χ1n) is 7.49. The van der Waals surface area contributed by atoms with E-state index in [0.29, 0.717) is 18.7 Å². The molecular formula is C16H22N2OS. The van der Waals surface area contributed by atoms with Gasteiger partial charge in [-0.05, 0) is 18.9 Å². The maximum absolute atomic E-state index is 5.93. The largest absolute Gasteiger partial charge is 0.375 e. The third-order valence-electron chi connectivity index (χ3n) is 4.19. The summed E-state index contributed by atoms with van der Waals surface area (Å²) in [5.74, 6) is 6.03. The maximum Gasteiger partial charge on any atom is 0.0731 e. The lowest BCUT2D eigenvalue weighted by Gasteiger charge is -2.43. The van der Waals surface area contributed by atoms with Crippen molar-refractivity contribution in [3.8, 4) is 11.8 Å². The molecule has 1 aromatic heterocycles. The number of fused-ring (bicyclic) bond motifs is 1. The summed E-state index contributed by atoms with van der Waals surface area (Å²) < 4.78 is 5.93. The van der Waals surface area contributed by atoms with Gasteiger partial charge < -0.3 is 10.5 Å². The van der Waals surface area contributed by atoms with Crippen LogP contribution in [0, 0.1) is 11.8 Å². The molecule has 2 heterocycles. The number of morpholine rings is 1. The van der Waals surface area contributed by atoms with Gasteiger partial charge in [-0.3, -0.25) is 4.90 Å². The molecule has 1 aliphatic carbocycles. The van der Waals surface area contributed by atoms with Gasteiger partial charge in [0.05, 0.1) is 19.3 Å². The number of hydrogen-bond acceptors (Lipinski definition) is 4. The maximum atomic E-state index is 5.93. The Morgan fingerprint density at radius 3 is 3.20 bits per heavy atom. The molecule has 0 spiro atoms. The van der Waals surface area contributed by atoms with Gasteiger partial charge in [-0.2, -0.15) is 0 Å². The predicted octanol–water partition coefficient (Wildman–Crippen LogP) is 2.20. The zero-order valence-electron chi connectivity index (χ0n) is 11.8. The highest BCUT2D eigenvalue weighted by atomic mass is 32.1. The second-order valence-corrected chi connectivity index (χ2v) is 6.53. The topological polar surface area (TPSA) is 38.5 Å². The lowest BCUT2D eigenvalue weighted by molar-refractivity contribution is -0.0908. The SMILES string of the molecule is NCC#Cc1csc(CN2CCOC3CCCCC32)c1. The molecule has 3 rings (SSSR count). The summed E-state index contributed by atoms with van der Waals surface area (Å²) in [4.78, 5) is 4.01. The van der Waals surface area contributed by atoms with Gasteiger partial charge in [-0.15, -0.1) is 11.3 Å². The van der Waals surface area contributed by atoms with Gasteiger partial charge in [0.25, 0.3) is 0 Å². The first-order chi connectivity index (χ1) is 9.86. The third-order valence-corrected chi connectivity index (χ3v) is 5.12. The van der Waals surface area contributed by atoms with Gasteiger partial charge in [0.2, 0.25) is 0 Å². The van der Waals surface area contributed by atoms with Gasteiger partial charge in [0.15, 0.2) is 0 Å². The Balaban J connectivity index is 1.65. The number of rotatable bonds is 2. The lowest BCUT2D eigenvalue weighted by atomic mass is 9.90. The molecule has 4 heteroatoms. The Bertz CT molecular complexity index is 500. The molecule has 2 unspecified atom stereocenters. The fourth-order valence-electron chi connectivity index (χ4n) is 3.26. The molecule has 0 amide bonds. The standard InChI is InChI=1S/C16H22N2OS/c17-7-3-4-13-10-14(20-12-13)11-18-8-9-19-16-6-2-1-5-15(16)18/h10,12,15-16H,1-2,5-9,11,17H2. The molecule has 108 valence electrons. The van der Waals surface area contributed by atoms with Crippen molar-refractivity contribution in [1.29, 1.82) is 0 Å². The minimum absolute atomic E-state index is 0.429. The summed E-state index contributed by atoms with van der Waals surface area (Å²) in [5, 5.41) is 2.14. The fourth-order valence-corrected chi connectivity index (χ4v) is 4.10. The predicted molar refractivity (Wildman–Crippen MR) is 82.7 cm³/mol. The second kappa shape index (κ2) is 6.73. The van der Waals surface area contributed by atoms with Crippen molar-refractivity contribution in [1.82, 2.24) is 4.90 Å². The van der Waals surface area contributed by atoms with Crippen LogP contribution in [-0.4, -0.2) is 36.7 Å². The Morgan fingerprint density at radius 2 is 2.30 bits per heavy atom. The van der Waals surface area contributed by atoms with Crippen molar-refractivity contribution >= 4 is 11.3 Å². The molecule has 1 saturated carbocycles. The normalized spacial score (nSPS) is 26.6. The van der Waals surface area contributed by atoms with Crippen LogP contribution in [0.25, 0.3) is 0 Å². The van der Waals surface area contributed by atoms with E-state index >= 15 is 0 Å². The molecule has 20 heavy (non-hydrogen) atoms. The molecule has 0 radical (unpaired) electrons. The number of nitrogens with two attached hydrogens (primary N) is 1. The Morgan fingerprint density at radius 1 is 1.40 bits per heavy atom. The summed E-state index contributed by atoms with van der Waals surface area (Å²) in [7, 11) is 0. The molecule has 0 aromatic carbocycles. The summed E-state index contributed by atoms with van der Waals surface area (Å²) in [6.45, 7) is 3.41. The summed E-state index contributed by atoms with van der Waals surface area (Å²) in [6, 6.07) is 2.83. The summed E-state index contributed by atoms with van der Waals surface area (Å²) >= 11 is 1.81. The smallest absolute Gasteiger partial charge is 0.0731 e. The molecule has 1 saturated heterocycles. The quantitative estimate of drug-likeness (QED) is 0.849. The zero-order chi connectivity index (χ0) is 13.8. The highest BCUT2D eigenvalue weighted by molar-refractivity contribution is 7.10. The molecule has 0 bridgehead atoms. The highest BCUT2D eigenvalue weighted by Gasteiger charge is 2.34. The van der Waals surface area contributed by atoms with Crippen LogP contribution in [0.1, 0.15) is 36.1 Å².